The standard InChI is InChI=1S/C18H25N/c1-6-16-10-11-18(15(5)12-16)19-13-17(7-2)9-8-14(3)4/h7-12,19H,3,6,13H2,1-2,4-5H3/b9-8-,17-7+. The molecule has 0 saturated heterocycles. The van der Waals surface area contributed by atoms with Gasteiger partial charge in [0.1, 0.15) is 0 Å². The van der Waals surface area contributed by atoms with Crippen molar-refractivity contribution in [3.05, 3.63) is 65.3 Å². The first-order chi connectivity index (χ1) is 9.06. The quantitative estimate of drug-likeness (QED) is 0.701. The summed E-state index contributed by atoms with van der Waals surface area (Å²) in [4.78, 5) is 0. The van der Waals surface area contributed by atoms with Crippen molar-refractivity contribution in [3.63, 3.8) is 0 Å². The predicted octanol–water partition coefficient (Wildman–Crippen LogP) is 5.05. The summed E-state index contributed by atoms with van der Waals surface area (Å²) < 4.78 is 0. The van der Waals surface area contributed by atoms with Crippen LogP contribution in [0, 0.1) is 6.92 Å². The van der Waals surface area contributed by atoms with Gasteiger partial charge in [-0.25, -0.2) is 0 Å². The lowest BCUT2D eigenvalue weighted by Gasteiger charge is -2.11. The van der Waals surface area contributed by atoms with Crippen molar-refractivity contribution >= 4 is 5.69 Å². The Bertz CT molecular complexity index is 492. The molecule has 1 nitrogen and oxygen atoms in total. The maximum Gasteiger partial charge on any atom is 0.0397 e. The van der Waals surface area contributed by atoms with Gasteiger partial charge in [-0.05, 0) is 50.0 Å². The first-order valence-electron chi connectivity index (χ1n) is 6.89. The van der Waals surface area contributed by atoms with E-state index in [4.69, 9.17) is 0 Å². The molecule has 0 bridgehead atoms. The molecule has 0 aliphatic rings. The molecular formula is C18H25N. The Kier molecular flexibility index (Phi) is 6.14. The Morgan fingerprint density at radius 2 is 2.05 bits per heavy atom. The van der Waals surface area contributed by atoms with Crippen LogP contribution in [-0.2, 0) is 6.42 Å². The van der Waals surface area contributed by atoms with E-state index in [0.29, 0.717) is 0 Å². The fourth-order valence-corrected chi connectivity index (χ4v) is 1.85. The molecule has 0 atom stereocenters. The highest BCUT2D eigenvalue weighted by molar-refractivity contribution is 5.53. The maximum atomic E-state index is 3.88. The van der Waals surface area contributed by atoms with Crippen LogP contribution in [0.15, 0.2) is 54.2 Å². The Labute approximate surface area is 117 Å². The van der Waals surface area contributed by atoms with Gasteiger partial charge in [0, 0.05) is 12.2 Å². The highest BCUT2D eigenvalue weighted by atomic mass is 14.9. The van der Waals surface area contributed by atoms with Gasteiger partial charge in [-0.2, -0.15) is 0 Å². The normalized spacial score (nSPS) is 11.9. The van der Waals surface area contributed by atoms with E-state index in [2.05, 4.69) is 63.0 Å². The van der Waals surface area contributed by atoms with Crippen molar-refractivity contribution in [2.24, 2.45) is 0 Å². The van der Waals surface area contributed by atoms with Crippen molar-refractivity contribution in [2.45, 2.75) is 34.1 Å². The predicted molar refractivity (Wildman–Crippen MR) is 86.8 cm³/mol. The minimum atomic E-state index is 0.840. The lowest BCUT2D eigenvalue weighted by Crippen LogP contribution is -2.05. The first kappa shape index (κ1) is 15.3. The third-order valence-electron chi connectivity index (χ3n) is 3.13. The van der Waals surface area contributed by atoms with Crippen LogP contribution in [0.2, 0.25) is 0 Å². The third-order valence-corrected chi connectivity index (χ3v) is 3.13. The molecule has 0 fully saturated rings. The largest absolute Gasteiger partial charge is 0.381 e. The molecule has 0 aromatic heterocycles. The van der Waals surface area contributed by atoms with Gasteiger partial charge in [0.25, 0.3) is 0 Å². The number of aryl methyl sites for hydroxylation is 2. The Balaban J connectivity index is 2.68. The fourth-order valence-electron chi connectivity index (χ4n) is 1.85. The molecule has 102 valence electrons. The summed E-state index contributed by atoms with van der Waals surface area (Å²) in [5.74, 6) is 0. The molecule has 1 aromatic carbocycles. The molecule has 0 saturated carbocycles. The van der Waals surface area contributed by atoms with Crippen LogP contribution < -0.4 is 5.32 Å². The van der Waals surface area contributed by atoms with Crippen LogP contribution in [-0.4, -0.2) is 6.54 Å². The van der Waals surface area contributed by atoms with Gasteiger partial charge in [0.15, 0.2) is 0 Å². The molecule has 0 heterocycles. The highest BCUT2D eigenvalue weighted by Crippen LogP contribution is 2.17. The molecule has 0 amide bonds. The van der Waals surface area contributed by atoms with E-state index in [-0.39, 0.29) is 0 Å². The van der Waals surface area contributed by atoms with Crippen molar-refractivity contribution < 1.29 is 0 Å². The number of hydrogen-bond acceptors (Lipinski definition) is 1. The zero-order chi connectivity index (χ0) is 14.3. The van der Waals surface area contributed by atoms with E-state index in [1.165, 1.54) is 22.4 Å². The van der Waals surface area contributed by atoms with Gasteiger partial charge >= 0.3 is 0 Å². The van der Waals surface area contributed by atoms with E-state index in [1.807, 2.05) is 13.0 Å². The summed E-state index contributed by atoms with van der Waals surface area (Å²) in [6.45, 7) is 13.1. The maximum absolute atomic E-state index is 3.88. The monoisotopic (exact) mass is 255 g/mol. The van der Waals surface area contributed by atoms with Gasteiger partial charge in [0.2, 0.25) is 0 Å². The molecule has 0 aliphatic carbocycles. The Hall–Kier alpha value is -1.76. The second-order valence-corrected chi connectivity index (χ2v) is 4.90. The Morgan fingerprint density at radius 3 is 2.58 bits per heavy atom. The lowest BCUT2D eigenvalue weighted by molar-refractivity contribution is 1.13. The van der Waals surface area contributed by atoms with Crippen LogP contribution in [0.5, 0.6) is 0 Å². The fraction of sp³-hybridized carbons (Fsp3) is 0.333. The lowest BCUT2D eigenvalue weighted by atomic mass is 10.1. The SMILES string of the molecule is C=C(C)/C=C\C(=C/C)CNc1ccc(CC)cc1C. The first-order valence-corrected chi connectivity index (χ1v) is 6.89. The minimum Gasteiger partial charge on any atom is -0.381 e. The van der Waals surface area contributed by atoms with Gasteiger partial charge in [-0.1, -0.05) is 49.4 Å². The summed E-state index contributed by atoms with van der Waals surface area (Å²) in [6, 6.07) is 6.61. The van der Waals surface area contributed by atoms with Gasteiger partial charge in [-0.15, -0.1) is 0 Å². The van der Waals surface area contributed by atoms with Crippen LogP contribution in [0.3, 0.4) is 0 Å². The molecule has 0 radical (unpaired) electrons. The van der Waals surface area contributed by atoms with Crippen molar-refractivity contribution in [1.82, 2.24) is 0 Å². The van der Waals surface area contributed by atoms with E-state index in [0.717, 1.165) is 18.5 Å². The summed E-state index contributed by atoms with van der Waals surface area (Å²) in [5, 5.41) is 3.49. The average molecular weight is 255 g/mol. The van der Waals surface area contributed by atoms with E-state index < -0.39 is 0 Å². The van der Waals surface area contributed by atoms with Crippen LogP contribution in [0.25, 0.3) is 0 Å². The average Bonchev–Trinajstić information content (AvgIpc) is 2.39. The number of allylic oxidation sites excluding steroid dienone is 3. The topological polar surface area (TPSA) is 12.0 Å². The smallest absolute Gasteiger partial charge is 0.0397 e. The number of hydrogen-bond donors (Lipinski definition) is 1. The molecular weight excluding hydrogens is 230 g/mol. The number of rotatable bonds is 6. The highest BCUT2D eigenvalue weighted by Gasteiger charge is 1.99. The molecule has 1 N–H and O–H groups in total. The zero-order valence-corrected chi connectivity index (χ0v) is 12.6. The second kappa shape index (κ2) is 7.63. The van der Waals surface area contributed by atoms with Crippen molar-refractivity contribution in [1.29, 1.82) is 0 Å². The zero-order valence-electron chi connectivity index (χ0n) is 12.6. The summed E-state index contributed by atoms with van der Waals surface area (Å²) in [5.41, 5.74) is 6.24. The molecule has 1 aromatic rings. The minimum absolute atomic E-state index is 0.840. The molecule has 1 heteroatoms. The molecule has 1 rings (SSSR count). The van der Waals surface area contributed by atoms with Gasteiger partial charge in [-0.3, -0.25) is 0 Å². The van der Waals surface area contributed by atoms with Gasteiger partial charge < -0.3 is 5.32 Å². The molecule has 19 heavy (non-hydrogen) atoms. The van der Waals surface area contributed by atoms with Gasteiger partial charge in [0.05, 0.1) is 0 Å². The van der Waals surface area contributed by atoms with Crippen molar-refractivity contribution in [2.75, 3.05) is 11.9 Å². The number of anilines is 1. The second-order valence-electron chi connectivity index (χ2n) is 4.90. The summed E-state index contributed by atoms with van der Waals surface area (Å²) in [7, 11) is 0. The summed E-state index contributed by atoms with van der Waals surface area (Å²) >= 11 is 0. The van der Waals surface area contributed by atoms with Crippen LogP contribution in [0.4, 0.5) is 5.69 Å². The number of nitrogens with one attached hydrogen (secondary N) is 1. The van der Waals surface area contributed by atoms with Crippen LogP contribution >= 0.6 is 0 Å². The van der Waals surface area contributed by atoms with Crippen LogP contribution in [0.1, 0.15) is 31.9 Å². The molecule has 0 unspecified atom stereocenters. The molecule has 0 spiro atoms. The van der Waals surface area contributed by atoms with Crippen molar-refractivity contribution in [3.8, 4) is 0 Å². The number of benzene rings is 1. The summed E-state index contributed by atoms with van der Waals surface area (Å²) in [6.07, 6.45) is 7.37. The van der Waals surface area contributed by atoms with E-state index in [1.54, 1.807) is 0 Å². The Morgan fingerprint density at radius 1 is 1.32 bits per heavy atom. The third kappa shape index (κ3) is 5.17. The molecule has 0 aliphatic heterocycles. The van der Waals surface area contributed by atoms with E-state index in [9.17, 15) is 0 Å². The van der Waals surface area contributed by atoms with E-state index >= 15 is 0 Å².